The number of esters is 1. The Bertz CT molecular complexity index is 205. The molecular formula is C9H18O4S. The van der Waals surface area contributed by atoms with Crippen LogP contribution in [0.3, 0.4) is 0 Å². The Hall–Kier alpha value is -0.420. The molecule has 0 spiro atoms. The minimum absolute atomic E-state index is 0.0559. The fourth-order valence-electron chi connectivity index (χ4n) is 1.10. The Morgan fingerprint density at radius 1 is 1.29 bits per heavy atom. The Labute approximate surface area is 87.4 Å². The molecule has 0 aromatic carbocycles. The van der Waals surface area contributed by atoms with Crippen molar-refractivity contribution in [2.45, 2.75) is 30.8 Å². The maximum absolute atomic E-state index is 11.7. The van der Waals surface area contributed by atoms with Crippen molar-refractivity contribution in [2.75, 3.05) is 20.8 Å². The average Bonchev–Trinajstić information content (AvgIpc) is 2.16. The van der Waals surface area contributed by atoms with Crippen LogP contribution in [0.2, 0.25) is 0 Å². The van der Waals surface area contributed by atoms with Gasteiger partial charge < -0.3 is 9.47 Å². The fourth-order valence-corrected chi connectivity index (χ4v) is 2.46. The first-order chi connectivity index (χ1) is 6.52. The lowest BCUT2D eigenvalue weighted by Crippen LogP contribution is -2.27. The lowest BCUT2D eigenvalue weighted by molar-refractivity contribution is -0.140. The van der Waals surface area contributed by atoms with E-state index in [1.54, 1.807) is 14.0 Å². The molecule has 0 saturated carbocycles. The molecule has 0 aromatic rings. The summed E-state index contributed by atoms with van der Waals surface area (Å²) in [6, 6.07) is 0. The van der Waals surface area contributed by atoms with Crippen molar-refractivity contribution < 1.29 is 18.5 Å². The van der Waals surface area contributed by atoms with Gasteiger partial charge >= 0.3 is 5.97 Å². The normalized spacial score (nSPS) is 17.1. The monoisotopic (exact) mass is 222 g/mol. The molecule has 0 rings (SSSR count). The van der Waals surface area contributed by atoms with Gasteiger partial charge in [0, 0.05) is 23.2 Å². The summed E-state index contributed by atoms with van der Waals surface area (Å²) in [5.74, 6) is -0.324. The maximum Gasteiger partial charge on any atom is 0.306 e. The summed E-state index contributed by atoms with van der Waals surface area (Å²) in [6.45, 7) is 4.06. The third-order valence-corrected chi connectivity index (χ3v) is 3.77. The van der Waals surface area contributed by atoms with Gasteiger partial charge in [0.25, 0.3) is 0 Å². The molecule has 4 nitrogen and oxygen atoms in total. The molecule has 84 valence electrons. The van der Waals surface area contributed by atoms with Crippen LogP contribution in [0.4, 0.5) is 0 Å². The first-order valence-corrected chi connectivity index (χ1v) is 5.75. The zero-order valence-corrected chi connectivity index (χ0v) is 9.93. The van der Waals surface area contributed by atoms with Crippen molar-refractivity contribution >= 4 is 16.8 Å². The van der Waals surface area contributed by atoms with Gasteiger partial charge in [0.15, 0.2) is 0 Å². The maximum atomic E-state index is 11.7. The van der Waals surface area contributed by atoms with Gasteiger partial charge in [-0.05, 0) is 6.92 Å². The van der Waals surface area contributed by atoms with Crippen LogP contribution in [0.5, 0.6) is 0 Å². The molecule has 0 N–H and O–H groups in total. The number of hydrogen-bond donors (Lipinski definition) is 0. The molecular weight excluding hydrogens is 204 g/mol. The van der Waals surface area contributed by atoms with Crippen LogP contribution in [0.25, 0.3) is 0 Å². The number of rotatable bonds is 6. The first kappa shape index (κ1) is 13.6. The molecule has 0 amide bonds. The summed E-state index contributed by atoms with van der Waals surface area (Å²) in [5.41, 5.74) is 0. The van der Waals surface area contributed by atoms with E-state index in [2.05, 4.69) is 4.74 Å². The standard InChI is InChI=1S/C9H18O4S/c1-7(5-9(10)13-4)14(11)8(2)6-12-3/h7-8H,5-6H2,1-4H3. The van der Waals surface area contributed by atoms with Gasteiger partial charge in [0.2, 0.25) is 0 Å². The van der Waals surface area contributed by atoms with E-state index in [0.29, 0.717) is 6.61 Å². The minimum atomic E-state index is -1.06. The van der Waals surface area contributed by atoms with Gasteiger partial charge in [-0.2, -0.15) is 0 Å². The van der Waals surface area contributed by atoms with Crippen LogP contribution in [-0.2, 0) is 25.1 Å². The van der Waals surface area contributed by atoms with Crippen LogP contribution in [0.15, 0.2) is 0 Å². The molecule has 0 bridgehead atoms. The number of hydrogen-bond acceptors (Lipinski definition) is 4. The van der Waals surface area contributed by atoms with Crippen LogP contribution < -0.4 is 0 Å². The molecule has 0 radical (unpaired) electrons. The van der Waals surface area contributed by atoms with Gasteiger partial charge in [-0.3, -0.25) is 9.00 Å². The predicted molar refractivity (Wildman–Crippen MR) is 55.6 cm³/mol. The van der Waals surface area contributed by atoms with E-state index in [4.69, 9.17) is 4.74 Å². The Kier molecular flexibility index (Phi) is 6.74. The van der Waals surface area contributed by atoms with Crippen LogP contribution in [-0.4, -0.2) is 41.5 Å². The zero-order valence-electron chi connectivity index (χ0n) is 9.11. The summed E-state index contributed by atoms with van der Waals surface area (Å²) in [7, 11) is 1.84. The minimum Gasteiger partial charge on any atom is -0.469 e. The topological polar surface area (TPSA) is 52.6 Å². The van der Waals surface area contributed by atoms with Crippen molar-refractivity contribution in [1.29, 1.82) is 0 Å². The highest BCUT2D eigenvalue weighted by molar-refractivity contribution is 7.86. The molecule has 3 unspecified atom stereocenters. The molecule has 0 aliphatic rings. The van der Waals surface area contributed by atoms with E-state index < -0.39 is 10.8 Å². The van der Waals surface area contributed by atoms with Crippen molar-refractivity contribution in [1.82, 2.24) is 0 Å². The SMILES string of the molecule is COCC(C)S(=O)C(C)CC(=O)OC. The second-order valence-corrected chi connectivity index (χ2v) is 5.45. The molecule has 14 heavy (non-hydrogen) atoms. The highest BCUT2D eigenvalue weighted by atomic mass is 32.2. The van der Waals surface area contributed by atoms with Crippen molar-refractivity contribution in [3.63, 3.8) is 0 Å². The summed E-state index contributed by atoms with van der Waals surface area (Å²) < 4.78 is 21.1. The lowest BCUT2D eigenvalue weighted by Gasteiger charge is -2.15. The second kappa shape index (κ2) is 6.95. The van der Waals surface area contributed by atoms with E-state index in [0.717, 1.165) is 0 Å². The Morgan fingerprint density at radius 2 is 1.86 bits per heavy atom. The largest absolute Gasteiger partial charge is 0.469 e. The van der Waals surface area contributed by atoms with Crippen molar-refractivity contribution in [3.05, 3.63) is 0 Å². The smallest absolute Gasteiger partial charge is 0.306 e. The summed E-state index contributed by atoms with van der Waals surface area (Å²) >= 11 is 0. The quantitative estimate of drug-likeness (QED) is 0.621. The third-order valence-electron chi connectivity index (χ3n) is 1.88. The lowest BCUT2D eigenvalue weighted by atomic mass is 10.3. The molecule has 0 saturated heterocycles. The van der Waals surface area contributed by atoms with Gasteiger partial charge in [-0.25, -0.2) is 0 Å². The molecule has 3 atom stereocenters. The molecule has 0 heterocycles. The zero-order chi connectivity index (χ0) is 11.1. The van der Waals surface area contributed by atoms with Crippen LogP contribution >= 0.6 is 0 Å². The van der Waals surface area contributed by atoms with Gasteiger partial charge in [-0.1, -0.05) is 6.92 Å². The summed E-state index contributed by atoms with van der Waals surface area (Å²) in [6.07, 6.45) is 0.192. The van der Waals surface area contributed by atoms with Crippen molar-refractivity contribution in [3.8, 4) is 0 Å². The molecule has 0 aromatic heterocycles. The molecule has 0 aliphatic carbocycles. The summed E-state index contributed by atoms with van der Waals surface area (Å²) in [5, 5.41) is -0.243. The number of carbonyl (C=O) groups excluding carboxylic acids is 1. The Morgan fingerprint density at radius 3 is 2.29 bits per heavy atom. The van der Waals surface area contributed by atoms with Crippen LogP contribution in [0, 0.1) is 0 Å². The highest BCUT2D eigenvalue weighted by Gasteiger charge is 2.20. The second-order valence-electron chi connectivity index (χ2n) is 3.19. The van der Waals surface area contributed by atoms with E-state index in [1.807, 2.05) is 6.92 Å². The average molecular weight is 222 g/mol. The number of ether oxygens (including phenoxy) is 2. The molecule has 5 heteroatoms. The van der Waals surface area contributed by atoms with E-state index in [1.165, 1.54) is 7.11 Å². The molecule has 0 fully saturated rings. The van der Waals surface area contributed by atoms with Gasteiger partial charge in [0.1, 0.15) is 0 Å². The van der Waals surface area contributed by atoms with E-state index >= 15 is 0 Å². The van der Waals surface area contributed by atoms with Gasteiger partial charge in [-0.15, -0.1) is 0 Å². The number of carbonyl (C=O) groups is 1. The van der Waals surface area contributed by atoms with E-state index in [9.17, 15) is 9.00 Å². The van der Waals surface area contributed by atoms with Gasteiger partial charge in [0.05, 0.1) is 25.4 Å². The predicted octanol–water partition coefficient (Wildman–Crippen LogP) is 0.722. The Balaban J connectivity index is 4.04. The molecule has 0 aliphatic heterocycles. The summed E-state index contributed by atoms with van der Waals surface area (Å²) in [4.78, 5) is 10.9. The van der Waals surface area contributed by atoms with Crippen molar-refractivity contribution in [2.24, 2.45) is 0 Å². The number of methoxy groups -OCH3 is 2. The highest BCUT2D eigenvalue weighted by Crippen LogP contribution is 2.08. The fraction of sp³-hybridized carbons (Fsp3) is 0.889. The first-order valence-electron chi connectivity index (χ1n) is 4.48. The van der Waals surface area contributed by atoms with E-state index in [-0.39, 0.29) is 22.9 Å². The van der Waals surface area contributed by atoms with Crippen LogP contribution in [0.1, 0.15) is 20.3 Å². The third kappa shape index (κ3) is 4.72.